The van der Waals surface area contributed by atoms with Crippen molar-refractivity contribution in [3.8, 4) is 22.6 Å². The highest BCUT2D eigenvalue weighted by molar-refractivity contribution is 6.94. The van der Waals surface area contributed by atoms with Crippen LogP contribution in [0.1, 0.15) is 55.4 Å². The molecule has 4 rings (SSSR count). The van der Waals surface area contributed by atoms with Gasteiger partial charge in [-0.05, 0) is 54.1 Å². The molecule has 0 spiro atoms. The van der Waals surface area contributed by atoms with Crippen LogP contribution < -0.4 is 10.4 Å². The quantitative estimate of drug-likeness (QED) is 0.228. The molecule has 4 aromatic rings. The normalized spacial score (nSPS) is 13.1. The number of rotatable bonds is 7. The van der Waals surface area contributed by atoms with Gasteiger partial charge >= 0.3 is 0 Å². The van der Waals surface area contributed by atoms with Gasteiger partial charge < -0.3 is 10.2 Å². The molecule has 0 aromatic heterocycles. The third kappa shape index (κ3) is 4.21. The number of fused-ring (bicyclic) bond motifs is 2. The van der Waals surface area contributed by atoms with Crippen molar-refractivity contribution in [2.75, 3.05) is 0 Å². The summed E-state index contributed by atoms with van der Waals surface area (Å²) in [5.41, 5.74) is 3.40. The highest BCUT2D eigenvalue weighted by atomic mass is 28.3. The van der Waals surface area contributed by atoms with E-state index in [2.05, 4.69) is 117 Å². The molecule has 0 atom stereocenters. The lowest BCUT2D eigenvalue weighted by atomic mass is 9.92. The highest BCUT2D eigenvalue weighted by Crippen LogP contribution is 2.47. The predicted octanol–water partition coefficient (Wildman–Crippen LogP) is 9.28. The van der Waals surface area contributed by atoms with Crippen LogP contribution in [0.25, 0.3) is 32.7 Å². The first-order valence-corrected chi connectivity index (χ1v) is 19.6. The molecule has 0 aliphatic heterocycles. The lowest BCUT2D eigenvalue weighted by Crippen LogP contribution is -2.50. The van der Waals surface area contributed by atoms with Crippen LogP contribution in [-0.2, 0) is 0 Å². The average molecular weight is 543 g/mol. The van der Waals surface area contributed by atoms with Crippen molar-refractivity contribution in [1.29, 1.82) is 0 Å². The van der Waals surface area contributed by atoms with Crippen LogP contribution in [0.15, 0.2) is 60.7 Å². The van der Waals surface area contributed by atoms with Crippen LogP contribution in [0.5, 0.6) is 11.5 Å². The summed E-state index contributed by atoms with van der Waals surface area (Å²) in [6, 6.07) is 21.2. The van der Waals surface area contributed by atoms with Crippen molar-refractivity contribution in [1.82, 2.24) is 0 Å². The van der Waals surface area contributed by atoms with Gasteiger partial charge in [-0.2, -0.15) is 0 Å². The minimum Gasteiger partial charge on any atom is -0.507 e. The Kier molecular flexibility index (Phi) is 7.63. The number of aromatic hydroxyl groups is 2. The van der Waals surface area contributed by atoms with Crippen molar-refractivity contribution >= 4 is 48.1 Å². The molecule has 0 saturated heterocycles. The Hall–Kier alpha value is -2.57. The number of benzene rings is 4. The van der Waals surface area contributed by atoms with Crippen LogP contribution in [-0.4, -0.2) is 26.4 Å². The van der Waals surface area contributed by atoms with E-state index in [-0.39, 0.29) is 0 Å². The van der Waals surface area contributed by atoms with E-state index in [1.165, 1.54) is 0 Å². The van der Waals surface area contributed by atoms with Crippen LogP contribution in [0.2, 0.25) is 35.3 Å². The number of phenolic OH excluding ortho intramolecular Hbond substituents is 2. The molecule has 0 bridgehead atoms. The molecule has 4 aromatic carbocycles. The molecule has 0 radical (unpaired) electrons. The summed E-state index contributed by atoms with van der Waals surface area (Å²) >= 11 is 0. The summed E-state index contributed by atoms with van der Waals surface area (Å²) in [6.07, 6.45) is 0. The molecular weight excluding hydrogens is 497 g/mol. The van der Waals surface area contributed by atoms with E-state index in [0.29, 0.717) is 33.7 Å². The lowest BCUT2D eigenvalue weighted by molar-refractivity contribution is 0.474. The van der Waals surface area contributed by atoms with E-state index in [9.17, 15) is 10.2 Å². The van der Waals surface area contributed by atoms with E-state index < -0.39 is 16.1 Å². The second-order valence-corrected chi connectivity index (χ2v) is 23.7. The van der Waals surface area contributed by atoms with Crippen molar-refractivity contribution in [3.05, 3.63) is 60.7 Å². The molecule has 2 N–H and O–H groups in total. The molecule has 0 aliphatic rings. The molecule has 4 heteroatoms. The van der Waals surface area contributed by atoms with E-state index >= 15 is 0 Å². The maximum absolute atomic E-state index is 12.3. The van der Waals surface area contributed by atoms with Gasteiger partial charge in [0.1, 0.15) is 11.5 Å². The zero-order valence-corrected chi connectivity index (χ0v) is 27.0. The van der Waals surface area contributed by atoms with Crippen LogP contribution in [0.4, 0.5) is 0 Å². The summed E-state index contributed by atoms with van der Waals surface area (Å²) in [7, 11) is -4.20. The monoisotopic (exact) mass is 542 g/mol. The van der Waals surface area contributed by atoms with Gasteiger partial charge in [0.25, 0.3) is 0 Å². The molecule has 0 amide bonds. The fourth-order valence-electron chi connectivity index (χ4n) is 6.58. The van der Waals surface area contributed by atoms with Gasteiger partial charge in [-0.25, -0.2) is 0 Å². The zero-order chi connectivity index (χ0) is 28.2. The average Bonchev–Trinajstić information content (AvgIpc) is 2.87. The number of hydrogen-bond donors (Lipinski definition) is 2. The van der Waals surface area contributed by atoms with Crippen molar-refractivity contribution < 1.29 is 10.2 Å². The summed E-state index contributed by atoms with van der Waals surface area (Å²) in [6.45, 7) is 23.2. The molecule has 0 unspecified atom stereocenters. The van der Waals surface area contributed by atoms with Crippen molar-refractivity contribution in [2.45, 2.75) is 90.6 Å². The van der Waals surface area contributed by atoms with Gasteiger partial charge in [-0.1, -0.05) is 129 Å². The maximum Gasteiger partial charge on any atom is 0.123 e. The molecule has 0 heterocycles. The van der Waals surface area contributed by atoms with Gasteiger partial charge in [-0.3, -0.25) is 0 Å². The largest absolute Gasteiger partial charge is 0.507 e. The van der Waals surface area contributed by atoms with Gasteiger partial charge in [0.15, 0.2) is 0 Å². The molecule has 2 nitrogen and oxygen atoms in total. The molecular formula is C34H46O2Si2. The van der Waals surface area contributed by atoms with Gasteiger partial charge in [0.2, 0.25) is 0 Å². The highest BCUT2D eigenvalue weighted by Gasteiger charge is 2.42. The minimum atomic E-state index is -2.10. The fraction of sp³-hybridized carbons (Fsp3) is 0.412. The Balaban J connectivity index is 2.26. The first-order chi connectivity index (χ1) is 17.8. The Morgan fingerprint density at radius 2 is 0.789 bits per heavy atom. The maximum atomic E-state index is 12.3. The Morgan fingerprint density at radius 1 is 0.500 bits per heavy atom. The second-order valence-electron chi connectivity index (χ2n) is 12.9. The predicted molar refractivity (Wildman–Crippen MR) is 173 cm³/mol. The summed E-state index contributed by atoms with van der Waals surface area (Å²) in [4.78, 5) is 0. The van der Waals surface area contributed by atoms with Crippen LogP contribution in [0.3, 0.4) is 0 Å². The summed E-state index contributed by atoms with van der Waals surface area (Å²) in [5, 5.41) is 31.0. The summed E-state index contributed by atoms with van der Waals surface area (Å²) in [5.74, 6) is 0.714. The first kappa shape index (κ1) is 28.4. The molecule has 202 valence electrons. The summed E-state index contributed by atoms with van der Waals surface area (Å²) < 4.78 is 0. The van der Waals surface area contributed by atoms with Gasteiger partial charge in [0, 0.05) is 11.1 Å². The first-order valence-electron chi connectivity index (χ1n) is 14.3. The standard InChI is InChI=1S/C34H46O2Si2/c1-21(2)37(9,22(3)4)29-19-25-15-11-13-17-27(25)31(33(29)35)32-28-18-14-12-16-26(28)20-30(34(32)36)38(10,23(5)6)24(7)8/h11-24,35-36H,1-10H3. The van der Waals surface area contributed by atoms with E-state index in [4.69, 9.17) is 0 Å². The molecule has 0 fully saturated rings. The third-order valence-electron chi connectivity index (χ3n) is 10.3. The topological polar surface area (TPSA) is 40.5 Å². The van der Waals surface area contributed by atoms with Gasteiger partial charge in [-0.15, -0.1) is 0 Å². The molecule has 0 saturated carbocycles. The van der Waals surface area contributed by atoms with Crippen LogP contribution >= 0.6 is 0 Å². The number of hydrogen-bond acceptors (Lipinski definition) is 2. The molecule has 0 aliphatic carbocycles. The number of phenols is 2. The zero-order valence-electron chi connectivity index (χ0n) is 25.0. The lowest BCUT2D eigenvalue weighted by Gasteiger charge is -2.38. The van der Waals surface area contributed by atoms with Crippen LogP contribution in [0, 0.1) is 0 Å². The third-order valence-corrected chi connectivity index (χ3v) is 22.9. The Morgan fingerprint density at radius 3 is 1.08 bits per heavy atom. The van der Waals surface area contributed by atoms with Gasteiger partial charge in [0.05, 0.1) is 16.1 Å². The van der Waals surface area contributed by atoms with E-state index in [1.54, 1.807) is 0 Å². The van der Waals surface area contributed by atoms with Crippen molar-refractivity contribution in [2.24, 2.45) is 0 Å². The Bertz CT molecular complexity index is 1350. The SMILES string of the molecule is CC(C)[Si](C)(c1cc2ccccc2c(-c2c(O)c([Si](C)(C(C)C)C(C)C)cc3ccccc23)c1O)C(C)C. The van der Waals surface area contributed by atoms with E-state index in [1.807, 2.05) is 12.1 Å². The van der Waals surface area contributed by atoms with Crippen molar-refractivity contribution in [3.63, 3.8) is 0 Å². The minimum absolute atomic E-state index is 0.357. The van der Waals surface area contributed by atoms with E-state index in [0.717, 1.165) is 43.0 Å². The smallest absolute Gasteiger partial charge is 0.123 e. The fourth-order valence-corrected chi connectivity index (χ4v) is 13.9. The second kappa shape index (κ2) is 10.2. The Labute approximate surface area is 231 Å². The molecule has 38 heavy (non-hydrogen) atoms.